The van der Waals surface area contributed by atoms with E-state index >= 15 is 0 Å². The first-order chi connectivity index (χ1) is 13.0. The highest BCUT2D eigenvalue weighted by Crippen LogP contribution is 2.23. The molecule has 0 aliphatic rings. The van der Waals surface area contributed by atoms with Crippen molar-refractivity contribution in [3.05, 3.63) is 48.0 Å². The van der Waals surface area contributed by atoms with Gasteiger partial charge >= 0.3 is 0 Å². The lowest BCUT2D eigenvalue weighted by Gasteiger charge is -2.14. The third-order valence-electron chi connectivity index (χ3n) is 5.14. The molecule has 27 heavy (non-hydrogen) atoms. The van der Waals surface area contributed by atoms with E-state index in [0.29, 0.717) is 0 Å². The van der Waals surface area contributed by atoms with Gasteiger partial charge in [-0.25, -0.2) is 0 Å². The molecule has 1 aromatic heterocycles. The van der Waals surface area contributed by atoms with E-state index in [4.69, 9.17) is 0 Å². The lowest BCUT2D eigenvalue weighted by molar-refractivity contribution is -0.645. The van der Waals surface area contributed by atoms with Crippen LogP contribution < -0.4 is 14.8 Å². The van der Waals surface area contributed by atoms with E-state index in [-0.39, 0.29) is 0 Å². The van der Waals surface area contributed by atoms with Crippen LogP contribution in [0, 0.1) is 0 Å². The van der Waals surface area contributed by atoms with Gasteiger partial charge in [-0.15, -0.1) is 0 Å². The van der Waals surface area contributed by atoms with Crippen molar-refractivity contribution in [2.24, 2.45) is 0 Å². The first kappa shape index (κ1) is 19.6. The largest absolute Gasteiger partial charge is 0.377 e. The normalized spacial score (nSPS) is 11.6. The summed E-state index contributed by atoms with van der Waals surface area (Å²) < 4.78 is 2.52. The molecule has 0 atom stereocenters. The zero-order valence-corrected chi connectivity index (χ0v) is 17.4. The maximum Gasteiger partial charge on any atom is 0.215 e. The molecular formula is C23H33N4+. The molecule has 0 bridgehead atoms. The zero-order chi connectivity index (χ0) is 19.4. The molecule has 4 nitrogen and oxygen atoms in total. The van der Waals surface area contributed by atoms with Gasteiger partial charge in [0.15, 0.2) is 0 Å². The molecule has 1 N–H and O–H groups in total. The molecule has 0 fully saturated rings. The fourth-order valence-corrected chi connectivity index (χ4v) is 3.66. The first-order valence-corrected chi connectivity index (χ1v) is 9.85. The van der Waals surface area contributed by atoms with Gasteiger partial charge in [0.1, 0.15) is 6.54 Å². The van der Waals surface area contributed by atoms with Crippen LogP contribution in [0.4, 0.5) is 5.69 Å². The number of aromatic nitrogens is 1. The van der Waals surface area contributed by atoms with Gasteiger partial charge in [-0.3, -0.25) is 0 Å². The summed E-state index contributed by atoms with van der Waals surface area (Å²) in [5.74, 6) is 0. The Bertz CT molecular complexity index is 915. The molecule has 4 heteroatoms. The number of nitrogens with one attached hydrogen (secondary N) is 1. The highest BCUT2D eigenvalue weighted by Gasteiger charge is 2.17. The summed E-state index contributed by atoms with van der Waals surface area (Å²) in [5, 5.41) is 5.89. The summed E-state index contributed by atoms with van der Waals surface area (Å²) >= 11 is 0. The van der Waals surface area contributed by atoms with E-state index < -0.39 is 0 Å². The highest BCUT2D eigenvalue weighted by molar-refractivity contribution is 5.90. The Morgan fingerprint density at radius 3 is 2.22 bits per heavy atom. The molecule has 0 aliphatic carbocycles. The maximum atomic E-state index is 3.27. The summed E-state index contributed by atoms with van der Waals surface area (Å²) in [4.78, 5) is 4.44. The molecule has 3 aromatic rings. The van der Waals surface area contributed by atoms with Crippen LogP contribution in [0.15, 0.2) is 42.5 Å². The van der Waals surface area contributed by atoms with E-state index in [1.165, 1.54) is 45.9 Å². The van der Waals surface area contributed by atoms with E-state index in [1.54, 1.807) is 0 Å². The van der Waals surface area contributed by atoms with Gasteiger partial charge in [-0.05, 0) is 63.9 Å². The number of rotatable bonds is 8. The predicted octanol–water partition coefficient (Wildman–Crippen LogP) is 3.41. The summed E-state index contributed by atoms with van der Waals surface area (Å²) in [6, 6.07) is 15.9. The minimum absolute atomic E-state index is 0.895. The number of hydrogen-bond donors (Lipinski definition) is 1. The van der Waals surface area contributed by atoms with Gasteiger partial charge < -0.3 is 15.1 Å². The molecule has 2 aromatic carbocycles. The number of fused-ring (bicyclic) bond motifs is 2. The van der Waals surface area contributed by atoms with Crippen LogP contribution in [0.1, 0.15) is 18.4 Å². The van der Waals surface area contributed by atoms with Crippen molar-refractivity contribution in [2.45, 2.75) is 25.9 Å². The van der Waals surface area contributed by atoms with Gasteiger partial charge in [-0.1, -0.05) is 6.07 Å². The van der Waals surface area contributed by atoms with Crippen LogP contribution in [0.25, 0.3) is 21.8 Å². The van der Waals surface area contributed by atoms with Gasteiger partial charge in [0.05, 0.1) is 0 Å². The summed E-state index contributed by atoms with van der Waals surface area (Å²) in [5.41, 5.74) is 5.22. The van der Waals surface area contributed by atoms with E-state index in [0.717, 1.165) is 19.6 Å². The van der Waals surface area contributed by atoms with Crippen molar-refractivity contribution in [3.8, 4) is 0 Å². The van der Waals surface area contributed by atoms with Crippen molar-refractivity contribution in [2.75, 3.05) is 46.7 Å². The van der Waals surface area contributed by atoms with E-state index in [9.17, 15) is 0 Å². The average molecular weight is 366 g/mol. The molecule has 3 rings (SSSR count). The van der Waals surface area contributed by atoms with Crippen molar-refractivity contribution >= 4 is 27.5 Å². The third-order valence-corrected chi connectivity index (χ3v) is 5.14. The van der Waals surface area contributed by atoms with Gasteiger partial charge in [0, 0.05) is 55.7 Å². The standard InChI is InChI=1S/C23H33N4/c1-24-17-18-8-9-19-15-20-10-11-21(26(4)5)16-23(20)27(22(19)14-18)13-7-6-12-25(2)3/h8-11,14-16,24H,6-7,12-13,17H2,1-5H3/q+1. The first-order valence-electron chi connectivity index (χ1n) is 9.85. The lowest BCUT2D eigenvalue weighted by atomic mass is 10.1. The van der Waals surface area contributed by atoms with Crippen molar-refractivity contribution in [1.82, 2.24) is 10.2 Å². The zero-order valence-electron chi connectivity index (χ0n) is 17.4. The topological polar surface area (TPSA) is 22.4 Å². The Kier molecular flexibility index (Phi) is 6.30. The molecule has 0 spiro atoms. The Balaban J connectivity index is 2.11. The van der Waals surface area contributed by atoms with Gasteiger partial charge in [0.2, 0.25) is 11.0 Å². The van der Waals surface area contributed by atoms with Crippen LogP contribution in [-0.2, 0) is 13.1 Å². The third kappa shape index (κ3) is 4.57. The van der Waals surface area contributed by atoms with Crippen LogP contribution in [-0.4, -0.2) is 46.7 Å². The van der Waals surface area contributed by atoms with Crippen LogP contribution in [0.3, 0.4) is 0 Å². The number of hydrogen-bond acceptors (Lipinski definition) is 3. The van der Waals surface area contributed by atoms with Crippen molar-refractivity contribution in [3.63, 3.8) is 0 Å². The lowest BCUT2D eigenvalue weighted by Crippen LogP contribution is -2.36. The molecule has 0 saturated carbocycles. The van der Waals surface area contributed by atoms with Crippen molar-refractivity contribution < 1.29 is 4.57 Å². The number of pyridine rings is 1. The number of unbranched alkanes of at least 4 members (excludes halogenated alkanes) is 1. The van der Waals surface area contributed by atoms with Crippen LogP contribution >= 0.6 is 0 Å². The molecule has 0 amide bonds. The number of nitrogens with zero attached hydrogens (tertiary/aromatic N) is 3. The average Bonchev–Trinajstić information content (AvgIpc) is 2.64. The van der Waals surface area contributed by atoms with Gasteiger partial charge in [0.25, 0.3) is 0 Å². The Morgan fingerprint density at radius 2 is 1.56 bits per heavy atom. The highest BCUT2D eigenvalue weighted by atomic mass is 15.1. The molecule has 0 unspecified atom stereocenters. The number of aryl methyl sites for hydroxylation is 1. The summed E-state index contributed by atoms with van der Waals surface area (Å²) in [7, 11) is 10.5. The van der Waals surface area contributed by atoms with Crippen molar-refractivity contribution in [1.29, 1.82) is 0 Å². The molecule has 0 radical (unpaired) electrons. The van der Waals surface area contributed by atoms with E-state index in [1.807, 2.05) is 7.05 Å². The molecular weight excluding hydrogens is 332 g/mol. The van der Waals surface area contributed by atoms with Crippen LogP contribution in [0.2, 0.25) is 0 Å². The smallest absolute Gasteiger partial charge is 0.215 e. The Morgan fingerprint density at radius 1 is 0.852 bits per heavy atom. The molecule has 1 heterocycles. The van der Waals surface area contributed by atoms with Crippen LogP contribution in [0.5, 0.6) is 0 Å². The fraction of sp³-hybridized carbons (Fsp3) is 0.435. The molecule has 144 valence electrons. The monoisotopic (exact) mass is 365 g/mol. The minimum atomic E-state index is 0.895. The van der Waals surface area contributed by atoms with E-state index in [2.05, 4.69) is 90.3 Å². The summed E-state index contributed by atoms with van der Waals surface area (Å²) in [6.07, 6.45) is 2.39. The fourth-order valence-electron chi connectivity index (χ4n) is 3.66. The second kappa shape index (κ2) is 8.68. The Labute approximate surface area is 163 Å². The minimum Gasteiger partial charge on any atom is -0.377 e. The second-order valence-corrected chi connectivity index (χ2v) is 7.87. The molecule has 0 aliphatic heterocycles. The SMILES string of the molecule is CNCc1ccc2cc3ccc(N(C)C)cc3[n+](CCCCN(C)C)c2c1. The summed E-state index contributed by atoms with van der Waals surface area (Å²) in [6.45, 7) is 3.07. The maximum absolute atomic E-state index is 3.27. The number of benzene rings is 2. The quantitative estimate of drug-likeness (QED) is 0.376. The second-order valence-electron chi connectivity index (χ2n) is 7.87. The predicted molar refractivity (Wildman–Crippen MR) is 117 cm³/mol. The van der Waals surface area contributed by atoms with Gasteiger partial charge in [-0.2, -0.15) is 4.57 Å². The number of anilines is 1. The Hall–Kier alpha value is -2.17. The molecule has 0 saturated heterocycles.